The van der Waals surface area contributed by atoms with Gasteiger partial charge in [-0.15, -0.1) is 0 Å². The third-order valence-corrected chi connectivity index (χ3v) is 6.37. The van der Waals surface area contributed by atoms with Gasteiger partial charge in [0.2, 0.25) is 0 Å². The zero-order valence-corrected chi connectivity index (χ0v) is 18.7. The molecule has 1 fully saturated rings. The first-order valence-electron chi connectivity index (χ1n) is 11.0. The van der Waals surface area contributed by atoms with Crippen molar-refractivity contribution >= 4 is 16.9 Å². The summed E-state index contributed by atoms with van der Waals surface area (Å²) in [5.41, 5.74) is 3.82. The van der Waals surface area contributed by atoms with Crippen LogP contribution in [0.25, 0.3) is 22.3 Å². The van der Waals surface area contributed by atoms with Crippen molar-refractivity contribution in [3.63, 3.8) is 0 Å². The van der Waals surface area contributed by atoms with Crippen molar-refractivity contribution in [3.8, 4) is 23.4 Å². The second kappa shape index (κ2) is 9.30. The van der Waals surface area contributed by atoms with Gasteiger partial charge in [0, 0.05) is 61.2 Å². The summed E-state index contributed by atoms with van der Waals surface area (Å²) >= 11 is 0. The summed E-state index contributed by atoms with van der Waals surface area (Å²) in [7, 11) is 1.61. The number of methoxy groups -OCH3 is 1. The monoisotopic (exact) mass is 453 g/mol. The molecule has 0 amide bonds. The molecule has 2 atom stereocenters. The lowest BCUT2D eigenvalue weighted by atomic mass is 9.96. The Morgan fingerprint density at radius 1 is 1.26 bits per heavy atom. The van der Waals surface area contributed by atoms with E-state index in [1.807, 2.05) is 29.2 Å². The second-order valence-corrected chi connectivity index (χ2v) is 8.31. The first-order chi connectivity index (χ1) is 16.7. The maximum Gasteiger partial charge on any atom is 0.146 e. The molecule has 5 rings (SSSR count). The van der Waals surface area contributed by atoms with Gasteiger partial charge in [-0.25, -0.2) is 15.0 Å². The Bertz CT molecular complexity index is 1390. The van der Waals surface area contributed by atoms with Crippen LogP contribution in [-0.2, 0) is 11.3 Å². The highest BCUT2D eigenvalue weighted by atomic mass is 16.5. The average Bonchev–Trinajstić information content (AvgIpc) is 3.63. The predicted octanol–water partition coefficient (Wildman–Crippen LogP) is 3.22. The van der Waals surface area contributed by atoms with Gasteiger partial charge in [0.05, 0.1) is 37.0 Å². The highest BCUT2D eigenvalue weighted by Crippen LogP contribution is 2.35. The van der Waals surface area contributed by atoms with Crippen LogP contribution in [0.2, 0.25) is 0 Å². The van der Waals surface area contributed by atoms with Crippen molar-refractivity contribution in [2.24, 2.45) is 5.92 Å². The molecule has 1 saturated heterocycles. The molecule has 0 spiro atoms. The molecule has 0 saturated carbocycles. The second-order valence-electron chi connectivity index (χ2n) is 8.31. The van der Waals surface area contributed by atoms with Crippen molar-refractivity contribution in [1.82, 2.24) is 29.7 Å². The summed E-state index contributed by atoms with van der Waals surface area (Å²) in [6.45, 7) is 1.81. The van der Waals surface area contributed by atoms with Gasteiger partial charge in [-0.2, -0.15) is 15.6 Å². The van der Waals surface area contributed by atoms with Gasteiger partial charge in [0.15, 0.2) is 0 Å². The van der Waals surface area contributed by atoms with Crippen LogP contribution in [0.3, 0.4) is 0 Å². The number of nitriles is 2. The van der Waals surface area contributed by atoms with E-state index in [9.17, 15) is 10.5 Å². The number of hydrogen-bond acceptors (Lipinski definition) is 8. The van der Waals surface area contributed by atoms with Crippen molar-refractivity contribution in [2.75, 3.05) is 25.1 Å². The van der Waals surface area contributed by atoms with Crippen molar-refractivity contribution in [1.29, 1.82) is 10.5 Å². The van der Waals surface area contributed by atoms with E-state index in [2.05, 4.69) is 42.1 Å². The number of rotatable bonds is 7. The van der Waals surface area contributed by atoms with Gasteiger partial charge in [0.1, 0.15) is 29.4 Å². The molecule has 0 aromatic carbocycles. The lowest BCUT2D eigenvalue weighted by molar-refractivity contribution is 0.184. The molecule has 0 aliphatic carbocycles. The Morgan fingerprint density at radius 3 is 3.00 bits per heavy atom. The van der Waals surface area contributed by atoms with E-state index < -0.39 is 0 Å². The fraction of sp³-hybridized carbons (Fsp3) is 0.333. The number of hydrogen-bond donors (Lipinski definition) is 1. The number of aromatic nitrogens is 6. The first kappa shape index (κ1) is 21.6. The number of aromatic amines is 1. The van der Waals surface area contributed by atoms with Gasteiger partial charge < -0.3 is 14.6 Å². The standard InChI is InChI=1S/C24H23N9O/c1-34-14-17-3-7-28-24(20(17)10-26)32-9-5-16(12-32)21(2-6-25)33-13-18(11-31-33)22-19-4-8-27-23(19)30-15-29-22/h3-4,7-8,11,13,15-16,21H,2,5,9,12,14H2,1H3,(H,27,29,30)/t16-,21-/m0/s1. The van der Waals surface area contributed by atoms with Crippen LogP contribution in [0.4, 0.5) is 5.82 Å². The largest absolute Gasteiger partial charge is 0.380 e. The third kappa shape index (κ3) is 3.85. The predicted molar refractivity (Wildman–Crippen MR) is 124 cm³/mol. The van der Waals surface area contributed by atoms with Gasteiger partial charge in [-0.3, -0.25) is 4.68 Å². The number of fused-ring (bicyclic) bond motifs is 1. The van der Waals surface area contributed by atoms with E-state index in [1.54, 1.807) is 19.5 Å². The molecule has 4 aromatic heterocycles. The van der Waals surface area contributed by atoms with Crippen molar-refractivity contribution in [2.45, 2.75) is 25.5 Å². The molecule has 5 heterocycles. The summed E-state index contributed by atoms with van der Waals surface area (Å²) in [4.78, 5) is 18.4. The van der Waals surface area contributed by atoms with Crippen LogP contribution in [0.1, 0.15) is 30.0 Å². The zero-order valence-electron chi connectivity index (χ0n) is 18.7. The minimum absolute atomic E-state index is 0.0972. The van der Waals surface area contributed by atoms with Gasteiger partial charge >= 0.3 is 0 Å². The molecule has 170 valence electrons. The molecule has 10 nitrogen and oxygen atoms in total. The van der Waals surface area contributed by atoms with Crippen LogP contribution in [0.15, 0.2) is 43.2 Å². The fourth-order valence-electron chi connectivity index (χ4n) is 4.73. The number of H-pyrrole nitrogens is 1. The lowest BCUT2D eigenvalue weighted by Crippen LogP contribution is -2.26. The summed E-state index contributed by atoms with van der Waals surface area (Å²) in [6.07, 6.45) is 10.0. The normalized spacial score (nSPS) is 16.4. The first-order valence-corrected chi connectivity index (χ1v) is 11.0. The van der Waals surface area contributed by atoms with Gasteiger partial charge in [0.25, 0.3) is 0 Å². The lowest BCUT2D eigenvalue weighted by Gasteiger charge is -2.23. The van der Waals surface area contributed by atoms with Gasteiger partial charge in [-0.05, 0) is 18.6 Å². The van der Waals surface area contributed by atoms with Crippen molar-refractivity contribution < 1.29 is 4.74 Å². The molecule has 0 bridgehead atoms. The Kier molecular flexibility index (Phi) is 5.90. The molecular formula is C24H23N9O. The van der Waals surface area contributed by atoms with E-state index in [0.29, 0.717) is 31.0 Å². The van der Waals surface area contributed by atoms with Crippen LogP contribution in [-0.4, -0.2) is 49.9 Å². The summed E-state index contributed by atoms with van der Waals surface area (Å²) in [6, 6.07) is 8.28. The number of pyridine rings is 1. The molecule has 1 N–H and O–H groups in total. The Labute approximate surface area is 196 Å². The summed E-state index contributed by atoms with van der Waals surface area (Å²) in [5, 5.41) is 24.8. The maximum absolute atomic E-state index is 9.75. The quantitative estimate of drug-likeness (QED) is 0.451. The van der Waals surface area contributed by atoms with Crippen LogP contribution >= 0.6 is 0 Å². The summed E-state index contributed by atoms with van der Waals surface area (Å²) in [5.74, 6) is 0.858. The summed E-state index contributed by atoms with van der Waals surface area (Å²) < 4.78 is 7.12. The molecular weight excluding hydrogens is 430 g/mol. The Balaban J connectivity index is 1.41. The van der Waals surface area contributed by atoms with Crippen LogP contribution in [0.5, 0.6) is 0 Å². The number of nitrogens with one attached hydrogen (secondary N) is 1. The maximum atomic E-state index is 9.75. The molecule has 34 heavy (non-hydrogen) atoms. The minimum Gasteiger partial charge on any atom is -0.380 e. The minimum atomic E-state index is -0.0972. The molecule has 10 heteroatoms. The number of ether oxygens (including phenoxy) is 1. The Morgan fingerprint density at radius 2 is 2.18 bits per heavy atom. The van der Waals surface area contributed by atoms with E-state index in [1.165, 1.54) is 6.33 Å². The Hall–Kier alpha value is -4.28. The highest BCUT2D eigenvalue weighted by molar-refractivity contribution is 5.89. The zero-order chi connectivity index (χ0) is 23.5. The van der Waals surface area contributed by atoms with Crippen LogP contribution in [0, 0.1) is 28.6 Å². The molecule has 0 radical (unpaired) electrons. The van der Waals surface area contributed by atoms with E-state index in [-0.39, 0.29) is 12.0 Å². The highest BCUT2D eigenvalue weighted by Gasteiger charge is 2.33. The topological polar surface area (TPSA) is 132 Å². The smallest absolute Gasteiger partial charge is 0.146 e. The average molecular weight is 454 g/mol. The van der Waals surface area contributed by atoms with E-state index in [4.69, 9.17) is 4.74 Å². The number of nitrogens with zero attached hydrogens (tertiary/aromatic N) is 8. The van der Waals surface area contributed by atoms with Gasteiger partial charge in [-0.1, -0.05) is 0 Å². The molecule has 1 aliphatic rings. The van der Waals surface area contributed by atoms with Crippen LogP contribution < -0.4 is 4.90 Å². The SMILES string of the molecule is COCc1ccnc(N2CC[C@H]([C@H](CC#N)n3cc(-c4ncnc5[nH]ccc45)cn3)C2)c1C#N. The molecule has 1 aliphatic heterocycles. The van der Waals surface area contributed by atoms with Crippen molar-refractivity contribution in [3.05, 3.63) is 54.4 Å². The number of anilines is 1. The third-order valence-electron chi connectivity index (χ3n) is 6.37. The molecule has 0 unspecified atom stereocenters. The van der Waals surface area contributed by atoms with E-state index >= 15 is 0 Å². The van der Waals surface area contributed by atoms with E-state index in [0.717, 1.165) is 40.8 Å². The molecule has 4 aromatic rings. The fourth-order valence-corrected chi connectivity index (χ4v) is 4.73.